The molecular formula is C24H21ClN2O5. The van der Waals surface area contributed by atoms with Crippen LogP contribution in [0, 0.1) is 0 Å². The molecule has 0 unspecified atom stereocenters. The number of nitrogens with zero attached hydrogens (tertiary/aromatic N) is 1. The Bertz CT molecular complexity index is 1240. The van der Waals surface area contributed by atoms with Crippen molar-refractivity contribution in [2.45, 2.75) is 25.5 Å². The molecule has 2 N–H and O–H groups in total. The van der Waals surface area contributed by atoms with Crippen LogP contribution in [-0.4, -0.2) is 40.7 Å². The van der Waals surface area contributed by atoms with Crippen LogP contribution < -0.4 is 5.32 Å². The number of amides is 1. The van der Waals surface area contributed by atoms with Crippen LogP contribution in [0.5, 0.6) is 0 Å². The summed E-state index contributed by atoms with van der Waals surface area (Å²) in [7, 11) is 0. The van der Waals surface area contributed by atoms with E-state index in [0.29, 0.717) is 21.9 Å². The van der Waals surface area contributed by atoms with E-state index in [1.165, 1.54) is 6.26 Å². The molecule has 1 amide bonds. The predicted molar refractivity (Wildman–Crippen MR) is 120 cm³/mol. The molecule has 0 spiro atoms. The molecule has 2 heterocycles. The number of aromatic nitrogens is 1. The van der Waals surface area contributed by atoms with Crippen LogP contribution in [0.3, 0.4) is 0 Å². The van der Waals surface area contributed by atoms with Crippen LogP contribution in [0.15, 0.2) is 65.3 Å². The lowest BCUT2D eigenvalue weighted by Crippen LogP contribution is -2.49. The number of para-hydroxylation sites is 1. The van der Waals surface area contributed by atoms with Gasteiger partial charge in [-0.2, -0.15) is 0 Å². The number of esters is 1. The van der Waals surface area contributed by atoms with Crippen LogP contribution in [-0.2, 0) is 16.0 Å². The first-order valence-electron chi connectivity index (χ1n) is 10.1. The Morgan fingerprint density at radius 3 is 2.72 bits per heavy atom. The van der Waals surface area contributed by atoms with E-state index in [9.17, 15) is 14.7 Å². The maximum absolute atomic E-state index is 13.0. The van der Waals surface area contributed by atoms with Crippen molar-refractivity contribution in [2.24, 2.45) is 0 Å². The molecule has 8 heteroatoms. The molecule has 2 aliphatic rings. The highest BCUT2D eigenvalue weighted by Gasteiger charge is 2.31. The molecule has 32 heavy (non-hydrogen) atoms. The SMILES string of the molecule is CCOC(=O)[C@H](O)[C@@H](Cc1ccccc1Cl)NC(=O)c1cc2c3ccccc3occ-2n1. The van der Waals surface area contributed by atoms with Crippen molar-refractivity contribution in [1.82, 2.24) is 10.3 Å². The maximum Gasteiger partial charge on any atom is 0.337 e. The molecule has 0 saturated heterocycles. The summed E-state index contributed by atoms with van der Waals surface area (Å²) in [6.07, 6.45) is 0.0444. The molecule has 7 nitrogen and oxygen atoms in total. The lowest BCUT2D eigenvalue weighted by molar-refractivity contribution is -0.154. The number of hydrogen-bond donors (Lipinski definition) is 2. The highest BCUT2D eigenvalue weighted by molar-refractivity contribution is 6.31. The number of aliphatic hydroxyl groups is 1. The normalized spacial score (nSPS) is 13.1. The van der Waals surface area contributed by atoms with E-state index in [1.807, 2.05) is 24.3 Å². The molecule has 0 bridgehead atoms. The summed E-state index contributed by atoms with van der Waals surface area (Å²) in [4.78, 5) is 29.6. The Balaban J connectivity index is 1.63. The lowest BCUT2D eigenvalue weighted by atomic mass is 10.0. The first kappa shape index (κ1) is 21.8. The Kier molecular flexibility index (Phi) is 6.39. The Morgan fingerprint density at radius 1 is 1.19 bits per heavy atom. The zero-order chi connectivity index (χ0) is 22.7. The van der Waals surface area contributed by atoms with E-state index < -0.39 is 24.0 Å². The van der Waals surface area contributed by atoms with Gasteiger partial charge in [0.1, 0.15) is 23.2 Å². The molecule has 2 aromatic carbocycles. The number of fused-ring (bicyclic) bond motifs is 3. The first-order chi connectivity index (χ1) is 15.5. The minimum absolute atomic E-state index is 0.106. The second kappa shape index (κ2) is 9.38. The van der Waals surface area contributed by atoms with Gasteiger partial charge in [0.15, 0.2) is 6.10 Å². The summed E-state index contributed by atoms with van der Waals surface area (Å²) in [6, 6.07) is 15.2. The zero-order valence-electron chi connectivity index (χ0n) is 17.2. The Morgan fingerprint density at radius 2 is 1.94 bits per heavy atom. The third-order valence-electron chi connectivity index (χ3n) is 5.13. The van der Waals surface area contributed by atoms with Crippen molar-refractivity contribution in [3.05, 3.63) is 77.1 Å². The van der Waals surface area contributed by atoms with Crippen LogP contribution in [0.25, 0.3) is 22.2 Å². The highest BCUT2D eigenvalue weighted by atomic mass is 35.5. The van der Waals surface area contributed by atoms with E-state index in [2.05, 4.69) is 10.3 Å². The van der Waals surface area contributed by atoms with E-state index in [1.54, 1.807) is 37.3 Å². The quantitative estimate of drug-likeness (QED) is 0.413. The van der Waals surface area contributed by atoms with E-state index in [-0.39, 0.29) is 18.7 Å². The minimum atomic E-state index is -1.57. The molecule has 0 aromatic heterocycles. The highest BCUT2D eigenvalue weighted by Crippen LogP contribution is 2.31. The van der Waals surface area contributed by atoms with Gasteiger partial charge in [0.2, 0.25) is 0 Å². The second-order valence-electron chi connectivity index (χ2n) is 7.24. The van der Waals surface area contributed by atoms with Crippen molar-refractivity contribution in [3.8, 4) is 11.3 Å². The molecular weight excluding hydrogens is 432 g/mol. The molecule has 164 valence electrons. The van der Waals surface area contributed by atoms with Gasteiger partial charge in [0.25, 0.3) is 5.91 Å². The van der Waals surface area contributed by atoms with Gasteiger partial charge in [-0.25, -0.2) is 9.78 Å². The second-order valence-corrected chi connectivity index (χ2v) is 7.65. The van der Waals surface area contributed by atoms with Crippen LogP contribution in [0.1, 0.15) is 23.0 Å². The number of ether oxygens (including phenoxy) is 1. The Labute approximate surface area is 189 Å². The van der Waals surface area contributed by atoms with Crippen LogP contribution in [0.2, 0.25) is 5.02 Å². The summed E-state index contributed by atoms with van der Waals surface area (Å²) in [6.45, 7) is 1.75. The van der Waals surface area contributed by atoms with Crippen molar-refractivity contribution in [3.63, 3.8) is 0 Å². The van der Waals surface area contributed by atoms with E-state index in [0.717, 1.165) is 10.9 Å². The van der Waals surface area contributed by atoms with Crippen molar-refractivity contribution in [2.75, 3.05) is 6.61 Å². The summed E-state index contributed by atoms with van der Waals surface area (Å²) in [5, 5.41) is 14.6. The van der Waals surface area contributed by atoms with E-state index >= 15 is 0 Å². The molecule has 0 fully saturated rings. The van der Waals surface area contributed by atoms with Crippen molar-refractivity contribution >= 4 is 34.4 Å². The summed E-state index contributed by atoms with van der Waals surface area (Å²) in [5.74, 6) is -1.36. The lowest BCUT2D eigenvalue weighted by Gasteiger charge is -2.23. The third kappa shape index (κ3) is 4.44. The van der Waals surface area contributed by atoms with Crippen molar-refractivity contribution in [1.29, 1.82) is 0 Å². The van der Waals surface area contributed by atoms with Crippen LogP contribution >= 0.6 is 11.6 Å². The molecule has 2 aromatic rings. The summed E-state index contributed by atoms with van der Waals surface area (Å²) >= 11 is 6.24. The largest absolute Gasteiger partial charge is 0.464 e. The average molecular weight is 453 g/mol. The number of carbonyl (C=O) groups is 2. The minimum Gasteiger partial charge on any atom is -0.464 e. The zero-order valence-corrected chi connectivity index (χ0v) is 18.0. The number of halogens is 1. The van der Waals surface area contributed by atoms with Gasteiger partial charge >= 0.3 is 5.97 Å². The number of aliphatic hydroxyl groups excluding tert-OH is 1. The number of carbonyl (C=O) groups excluding carboxylic acids is 2. The van der Waals surface area contributed by atoms with Gasteiger partial charge in [-0.1, -0.05) is 48.0 Å². The van der Waals surface area contributed by atoms with Gasteiger partial charge in [-0.15, -0.1) is 0 Å². The van der Waals surface area contributed by atoms with E-state index in [4.69, 9.17) is 20.8 Å². The molecule has 0 aliphatic carbocycles. The van der Waals surface area contributed by atoms with Gasteiger partial charge in [-0.3, -0.25) is 4.79 Å². The molecule has 2 aliphatic heterocycles. The van der Waals surface area contributed by atoms with Gasteiger partial charge in [0, 0.05) is 16.0 Å². The monoisotopic (exact) mass is 452 g/mol. The summed E-state index contributed by atoms with van der Waals surface area (Å²) in [5.41, 5.74) is 2.79. The van der Waals surface area contributed by atoms with Crippen molar-refractivity contribution < 1.29 is 23.8 Å². The smallest absolute Gasteiger partial charge is 0.337 e. The average Bonchev–Trinajstić information content (AvgIpc) is 3.25. The molecule has 2 atom stereocenters. The van der Waals surface area contributed by atoms with Gasteiger partial charge in [0.05, 0.1) is 12.6 Å². The first-order valence-corrected chi connectivity index (χ1v) is 10.5. The van der Waals surface area contributed by atoms with Gasteiger partial charge < -0.3 is 19.6 Å². The fraction of sp³-hybridized carbons (Fsp3) is 0.208. The number of hydrogen-bond acceptors (Lipinski definition) is 6. The third-order valence-corrected chi connectivity index (χ3v) is 5.50. The summed E-state index contributed by atoms with van der Waals surface area (Å²) < 4.78 is 10.5. The fourth-order valence-electron chi connectivity index (χ4n) is 3.54. The Hall–Kier alpha value is -3.42. The number of benzene rings is 2. The molecule has 0 saturated carbocycles. The predicted octanol–water partition coefficient (Wildman–Crippen LogP) is 3.85. The topological polar surface area (TPSA) is 102 Å². The number of rotatable bonds is 7. The molecule has 0 radical (unpaired) electrons. The number of nitrogens with one attached hydrogen (secondary N) is 1. The molecule has 4 rings (SSSR count). The van der Waals surface area contributed by atoms with Crippen LogP contribution in [0.4, 0.5) is 0 Å². The maximum atomic E-state index is 13.0. The van der Waals surface area contributed by atoms with Gasteiger partial charge in [-0.05, 0) is 37.1 Å². The standard InChI is InChI=1S/C24H21ClN2O5/c1-2-31-24(30)22(28)18(11-14-7-3-5-9-17(14)25)27-23(29)19-12-16-15-8-4-6-10-21(15)32-13-20(16)26-19/h3-10,12-13,18,22,28H,2,11H2,1H3,(H,27,29)/t18-,22-/m1/s1. The fourth-order valence-corrected chi connectivity index (χ4v) is 3.76.